The molecule has 0 bridgehead atoms. The lowest BCUT2D eigenvalue weighted by atomic mass is 9.98. The lowest BCUT2D eigenvalue weighted by Gasteiger charge is -2.32. The van der Waals surface area contributed by atoms with Gasteiger partial charge in [-0.05, 0) is 60.9 Å². The number of benzene rings is 3. The molecular formula is C25H23Cl2F2N3O2S. The summed E-state index contributed by atoms with van der Waals surface area (Å²) in [6.45, 7) is 2.29. The summed E-state index contributed by atoms with van der Waals surface area (Å²) in [5, 5.41) is 0.361. The minimum atomic E-state index is -4.28. The number of hydrogen-bond acceptors (Lipinski definition) is 3. The number of aryl methyl sites for hydroxylation is 2. The van der Waals surface area contributed by atoms with E-state index in [1.165, 1.54) is 24.3 Å². The zero-order chi connectivity index (χ0) is 24.3. The van der Waals surface area contributed by atoms with E-state index >= 15 is 0 Å². The van der Waals surface area contributed by atoms with Crippen LogP contribution in [0.1, 0.15) is 24.1 Å². The third kappa shape index (κ3) is 5.83. The summed E-state index contributed by atoms with van der Waals surface area (Å²) in [6, 6.07) is 14.9. The second-order valence-electron chi connectivity index (χ2n) is 7.78. The predicted molar refractivity (Wildman–Crippen MR) is 136 cm³/mol. The summed E-state index contributed by atoms with van der Waals surface area (Å²) < 4.78 is 59.5. The van der Waals surface area contributed by atoms with Crippen LogP contribution in [0.25, 0.3) is 0 Å². The van der Waals surface area contributed by atoms with Gasteiger partial charge in [-0.3, -0.25) is 4.31 Å². The van der Waals surface area contributed by atoms with Gasteiger partial charge in [0.25, 0.3) is 10.0 Å². The summed E-state index contributed by atoms with van der Waals surface area (Å²) in [4.78, 5) is 3.96. The molecule has 1 atom stereocenters. The SMILES string of the molecule is C[C@H](c1ccccc1CCn1ccnc1)N(c1cc(F)ccc1F)S(=O)(=O)c1ccc(Cl)cc1.Cl. The topological polar surface area (TPSA) is 55.2 Å². The smallest absolute Gasteiger partial charge is 0.264 e. The van der Waals surface area contributed by atoms with E-state index in [1.54, 1.807) is 31.6 Å². The Kier molecular flexibility index (Phi) is 8.53. The van der Waals surface area contributed by atoms with Crippen LogP contribution in [0, 0.1) is 11.6 Å². The van der Waals surface area contributed by atoms with Gasteiger partial charge in [0.15, 0.2) is 0 Å². The van der Waals surface area contributed by atoms with Crippen molar-refractivity contribution in [1.29, 1.82) is 0 Å². The molecule has 0 N–H and O–H groups in total. The van der Waals surface area contributed by atoms with Gasteiger partial charge in [0.1, 0.15) is 11.6 Å². The molecule has 0 saturated heterocycles. The number of sulfonamides is 1. The van der Waals surface area contributed by atoms with Gasteiger partial charge in [0.2, 0.25) is 0 Å². The molecule has 4 aromatic rings. The predicted octanol–water partition coefficient (Wildman–Crippen LogP) is 6.44. The second-order valence-corrected chi connectivity index (χ2v) is 10.0. The molecular weight excluding hydrogens is 515 g/mol. The van der Waals surface area contributed by atoms with Crippen molar-refractivity contribution in [3.63, 3.8) is 0 Å². The Morgan fingerprint density at radius 1 is 1.06 bits per heavy atom. The van der Waals surface area contributed by atoms with Crippen molar-refractivity contribution in [2.45, 2.75) is 30.8 Å². The van der Waals surface area contributed by atoms with Gasteiger partial charge in [0.05, 0.1) is 23.0 Å². The fraction of sp³-hybridized carbons (Fsp3) is 0.160. The number of anilines is 1. The monoisotopic (exact) mass is 537 g/mol. The Hall–Kier alpha value is -2.94. The molecule has 4 rings (SSSR count). The number of aromatic nitrogens is 2. The molecule has 0 aliphatic heterocycles. The van der Waals surface area contributed by atoms with Crippen molar-refractivity contribution in [2.75, 3.05) is 4.31 Å². The van der Waals surface area contributed by atoms with Crippen LogP contribution in [0.4, 0.5) is 14.5 Å². The van der Waals surface area contributed by atoms with Gasteiger partial charge >= 0.3 is 0 Å². The molecule has 0 saturated carbocycles. The highest BCUT2D eigenvalue weighted by Crippen LogP contribution is 2.36. The molecule has 0 aliphatic rings. The Morgan fingerprint density at radius 3 is 2.46 bits per heavy atom. The normalized spacial score (nSPS) is 12.1. The maximum atomic E-state index is 14.9. The molecule has 0 fully saturated rings. The largest absolute Gasteiger partial charge is 0.337 e. The fourth-order valence-electron chi connectivity index (χ4n) is 3.89. The van der Waals surface area contributed by atoms with E-state index in [-0.39, 0.29) is 23.0 Å². The third-order valence-electron chi connectivity index (χ3n) is 5.57. The van der Waals surface area contributed by atoms with Crippen LogP contribution >= 0.6 is 24.0 Å². The molecule has 184 valence electrons. The Labute approximate surface area is 214 Å². The average molecular weight is 538 g/mol. The minimum Gasteiger partial charge on any atom is -0.337 e. The highest BCUT2D eigenvalue weighted by Gasteiger charge is 2.33. The van der Waals surface area contributed by atoms with Crippen molar-refractivity contribution >= 4 is 39.7 Å². The number of halogens is 4. The van der Waals surface area contributed by atoms with Crippen LogP contribution in [-0.4, -0.2) is 18.0 Å². The van der Waals surface area contributed by atoms with E-state index < -0.39 is 27.7 Å². The standard InChI is InChI=1S/C25H22ClF2N3O2S.ClH/c1-18(23-5-3-2-4-19(23)12-14-30-15-13-29-17-30)31(25-16-21(27)8-11-24(25)28)34(32,33)22-9-6-20(26)7-10-22;/h2-11,13,15-18H,12,14H2,1H3;1H/t18-;/m1./s1. The Bertz CT molecular complexity index is 1380. The number of hydrogen-bond donors (Lipinski definition) is 0. The van der Waals surface area contributed by atoms with E-state index in [2.05, 4.69) is 4.98 Å². The first-order valence-corrected chi connectivity index (χ1v) is 12.4. The van der Waals surface area contributed by atoms with Gasteiger partial charge in [-0.25, -0.2) is 22.2 Å². The molecule has 1 aromatic heterocycles. The molecule has 35 heavy (non-hydrogen) atoms. The zero-order valence-corrected chi connectivity index (χ0v) is 21.1. The molecule has 0 amide bonds. The summed E-state index contributed by atoms with van der Waals surface area (Å²) in [7, 11) is -4.28. The number of imidazole rings is 1. The first-order chi connectivity index (χ1) is 16.3. The fourth-order valence-corrected chi connectivity index (χ4v) is 5.65. The first kappa shape index (κ1) is 26.7. The van der Waals surface area contributed by atoms with Crippen LogP contribution in [-0.2, 0) is 23.0 Å². The molecule has 0 aliphatic carbocycles. The van der Waals surface area contributed by atoms with Crippen LogP contribution in [0.2, 0.25) is 5.02 Å². The molecule has 1 heterocycles. The van der Waals surface area contributed by atoms with Crippen LogP contribution in [0.15, 0.2) is 90.3 Å². The summed E-state index contributed by atoms with van der Waals surface area (Å²) in [6.07, 6.45) is 5.82. The van der Waals surface area contributed by atoms with E-state index in [9.17, 15) is 17.2 Å². The maximum absolute atomic E-state index is 14.9. The summed E-state index contributed by atoms with van der Waals surface area (Å²) >= 11 is 5.94. The van der Waals surface area contributed by atoms with E-state index in [1.807, 2.05) is 22.9 Å². The van der Waals surface area contributed by atoms with Crippen LogP contribution in [0.5, 0.6) is 0 Å². The van der Waals surface area contributed by atoms with Crippen molar-refractivity contribution in [2.24, 2.45) is 0 Å². The van der Waals surface area contributed by atoms with Crippen LogP contribution < -0.4 is 4.31 Å². The molecule has 0 spiro atoms. The molecule has 5 nitrogen and oxygen atoms in total. The minimum absolute atomic E-state index is 0. The van der Waals surface area contributed by atoms with Crippen LogP contribution in [0.3, 0.4) is 0 Å². The van der Waals surface area contributed by atoms with E-state index in [0.29, 0.717) is 23.6 Å². The second kappa shape index (κ2) is 11.2. The van der Waals surface area contributed by atoms with Crippen molar-refractivity contribution in [1.82, 2.24) is 9.55 Å². The Morgan fingerprint density at radius 2 is 1.77 bits per heavy atom. The highest BCUT2D eigenvalue weighted by molar-refractivity contribution is 7.92. The first-order valence-electron chi connectivity index (χ1n) is 10.6. The quantitative estimate of drug-likeness (QED) is 0.260. The maximum Gasteiger partial charge on any atom is 0.264 e. The van der Waals surface area contributed by atoms with Crippen molar-refractivity contribution in [3.05, 3.63) is 113 Å². The van der Waals surface area contributed by atoms with E-state index in [0.717, 1.165) is 28.1 Å². The van der Waals surface area contributed by atoms with E-state index in [4.69, 9.17) is 11.6 Å². The van der Waals surface area contributed by atoms with Gasteiger partial charge in [0, 0.05) is 30.0 Å². The van der Waals surface area contributed by atoms with Crippen molar-refractivity contribution in [3.8, 4) is 0 Å². The summed E-state index contributed by atoms with van der Waals surface area (Å²) in [5.74, 6) is -1.59. The van der Waals surface area contributed by atoms with Gasteiger partial charge in [-0.2, -0.15) is 0 Å². The number of rotatable bonds is 8. The Balaban J connectivity index is 0.00000342. The van der Waals surface area contributed by atoms with Gasteiger partial charge < -0.3 is 4.57 Å². The molecule has 0 radical (unpaired) electrons. The summed E-state index contributed by atoms with van der Waals surface area (Å²) in [5.41, 5.74) is 1.20. The molecule has 10 heteroatoms. The molecule has 3 aromatic carbocycles. The van der Waals surface area contributed by atoms with Gasteiger partial charge in [-0.15, -0.1) is 12.4 Å². The molecule has 0 unspecified atom stereocenters. The lowest BCUT2D eigenvalue weighted by molar-refractivity contribution is 0.569. The average Bonchev–Trinajstić information content (AvgIpc) is 3.34. The zero-order valence-electron chi connectivity index (χ0n) is 18.7. The lowest BCUT2D eigenvalue weighted by Crippen LogP contribution is -2.35. The third-order valence-corrected chi connectivity index (χ3v) is 7.72. The van der Waals surface area contributed by atoms with Gasteiger partial charge in [-0.1, -0.05) is 35.9 Å². The highest BCUT2D eigenvalue weighted by atomic mass is 35.5. The number of nitrogens with zero attached hydrogens (tertiary/aromatic N) is 3. The van der Waals surface area contributed by atoms with Crippen molar-refractivity contribution < 1.29 is 17.2 Å².